The molecule has 30 heavy (non-hydrogen) atoms. The lowest BCUT2D eigenvalue weighted by Gasteiger charge is -2.15. The quantitative estimate of drug-likeness (QED) is 0.387. The molecule has 0 unspecified atom stereocenters. The molecule has 1 saturated heterocycles. The Balaban J connectivity index is 1.86. The maximum absolute atomic E-state index is 12.4. The molecule has 1 aliphatic heterocycles. The molecular formula is C23H20BrNO4S. The fourth-order valence-corrected chi connectivity index (χ4v) is 4.21. The van der Waals surface area contributed by atoms with Crippen LogP contribution in [-0.2, 0) is 11.4 Å². The zero-order chi connectivity index (χ0) is 21.7. The van der Waals surface area contributed by atoms with Gasteiger partial charge in [-0.25, -0.2) is 0 Å². The normalized spacial score (nSPS) is 14.9. The van der Waals surface area contributed by atoms with E-state index in [-0.39, 0.29) is 11.8 Å². The minimum atomic E-state index is -0.392. The summed E-state index contributed by atoms with van der Waals surface area (Å²) in [6.07, 6.45) is 6.89. The van der Waals surface area contributed by atoms with E-state index in [2.05, 4.69) is 21.9 Å². The topological polar surface area (TPSA) is 55.8 Å². The second kappa shape index (κ2) is 9.88. The smallest absolute Gasteiger partial charge is 0.294 e. The van der Waals surface area contributed by atoms with Gasteiger partial charge in [-0.3, -0.25) is 14.5 Å². The molecule has 0 aliphatic carbocycles. The first kappa shape index (κ1) is 22.0. The van der Waals surface area contributed by atoms with Crippen molar-refractivity contribution in [2.45, 2.75) is 20.5 Å². The minimum Gasteiger partial charge on any atom is -0.490 e. The van der Waals surface area contributed by atoms with Gasteiger partial charge in [0.15, 0.2) is 11.5 Å². The van der Waals surface area contributed by atoms with E-state index < -0.39 is 5.91 Å². The molecular weight excluding hydrogens is 466 g/mol. The van der Waals surface area contributed by atoms with Crippen LogP contribution in [0.2, 0.25) is 0 Å². The van der Waals surface area contributed by atoms with Gasteiger partial charge in [0.1, 0.15) is 6.61 Å². The third-order valence-electron chi connectivity index (χ3n) is 4.26. The summed E-state index contributed by atoms with van der Waals surface area (Å²) in [5.74, 6) is 3.06. The Morgan fingerprint density at radius 3 is 2.60 bits per heavy atom. The van der Waals surface area contributed by atoms with E-state index in [1.54, 1.807) is 12.1 Å². The summed E-state index contributed by atoms with van der Waals surface area (Å²) < 4.78 is 12.5. The van der Waals surface area contributed by atoms with Crippen molar-refractivity contribution in [3.05, 3.63) is 62.5 Å². The van der Waals surface area contributed by atoms with Gasteiger partial charge in [-0.2, -0.15) is 0 Å². The molecule has 7 heteroatoms. The first-order valence-corrected chi connectivity index (χ1v) is 10.9. The fourth-order valence-electron chi connectivity index (χ4n) is 2.79. The highest BCUT2D eigenvalue weighted by Crippen LogP contribution is 2.39. The number of hydrogen-bond donors (Lipinski definition) is 0. The molecule has 0 saturated carbocycles. The SMILES string of the molecule is C#CCN1C(=O)S/C(=C/c2cc(Br)c(OCc3ccc(C)cc3)c(OCC)c2)C1=O. The first-order chi connectivity index (χ1) is 14.4. The average Bonchev–Trinajstić information content (AvgIpc) is 2.97. The van der Waals surface area contributed by atoms with Crippen LogP contribution in [0.5, 0.6) is 11.5 Å². The lowest BCUT2D eigenvalue weighted by molar-refractivity contribution is -0.122. The summed E-state index contributed by atoms with van der Waals surface area (Å²) in [4.78, 5) is 25.8. The Kier molecular flexibility index (Phi) is 7.24. The van der Waals surface area contributed by atoms with Crippen molar-refractivity contribution in [1.82, 2.24) is 4.90 Å². The van der Waals surface area contributed by atoms with Crippen LogP contribution in [0.15, 0.2) is 45.8 Å². The molecule has 2 amide bonds. The van der Waals surface area contributed by atoms with Crippen LogP contribution in [0, 0.1) is 19.3 Å². The Labute approximate surface area is 188 Å². The van der Waals surface area contributed by atoms with Crippen LogP contribution in [0.1, 0.15) is 23.6 Å². The van der Waals surface area contributed by atoms with Crippen molar-refractivity contribution < 1.29 is 19.1 Å². The Bertz CT molecular complexity index is 1040. The number of thioether (sulfide) groups is 1. The van der Waals surface area contributed by atoms with Crippen LogP contribution >= 0.6 is 27.7 Å². The van der Waals surface area contributed by atoms with Crippen molar-refractivity contribution >= 4 is 44.9 Å². The van der Waals surface area contributed by atoms with Gasteiger partial charge >= 0.3 is 0 Å². The second-order valence-electron chi connectivity index (χ2n) is 6.51. The van der Waals surface area contributed by atoms with Gasteiger partial charge in [0, 0.05) is 0 Å². The van der Waals surface area contributed by atoms with Crippen molar-refractivity contribution in [1.29, 1.82) is 0 Å². The molecule has 1 fully saturated rings. The number of amides is 2. The van der Waals surface area contributed by atoms with Gasteiger partial charge in [-0.1, -0.05) is 35.7 Å². The Morgan fingerprint density at radius 1 is 1.20 bits per heavy atom. The van der Waals surface area contributed by atoms with E-state index in [1.165, 1.54) is 5.56 Å². The molecule has 0 N–H and O–H groups in total. The standard InChI is InChI=1S/C23H20BrNO4S/c1-4-10-25-22(26)20(30-23(25)27)13-17-11-18(24)21(19(12-17)28-5-2)29-14-16-8-6-15(3)7-9-16/h1,6-9,11-13H,5,10,14H2,2-3H3/b20-13+. The molecule has 2 aromatic rings. The predicted octanol–water partition coefficient (Wildman–Crippen LogP) is 5.40. The number of carbonyl (C=O) groups excluding carboxylic acids is 2. The molecule has 1 heterocycles. The van der Waals surface area contributed by atoms with E-state index in [9.17, 15) is 9.59 Å². The van der Waals surface area contributed by atoms with Crippen LogP contribution in [0.4, 0.5) is 4.79 Å². The van der Waals surface area contributed by atoms with E-state index >= 15 is 0 Å². The lowest BCUT2D eigenvalue weighted by atomic mass is 10.1. The number of ether oxygens (including phenoxy) is 2. The maximum atomic E-state index is 12.4. The third-order valence-corrected chi connectivity index (χ3v) is 5.75. The monoisotopic (exact) mass is 485 g/mol. The van der Waals surface area contributed by atoms with Crippen molar-refractivity contribution in [3.8, 4) is 23.8 Å². The number of hydrogen-bond acceptors (Lipinski definition) is 5. The third kappa shape index (κ3) is 5.07. The number of aryl methyl sites for hydroxylation is 1. The molecule has 2 aromatic carbocycles. The number of rotatable bonds is 7. The molecule has 0 radical (unpaired) electrons. The van der Waals surface area contributed by atoms with Crippen molar-refractivity contribution in [2.24, 2.45) is 0 Å². The lowest BCUT2D eigenvalue weighted by Crippen LogP contribution is -2.28. The molecule has 0 aromatic heterocycles. The van der Waals surface area contributed by atoms with E-state index in [0.29, 0.717) is 39.7 Å². The Morgan fingerprint density at radius 2 is 1.93 bits per heavy atom. The van der Waals surface area contributed by atoms with Gasteiger partial charge in [0.2, 0.25) is 0 Å². The highest BCUT2D eigenvalue weighted by molar-refractivity contribution is 9.10. The van der Waals surface area contributed by atoms with Gasteiger partial charge in [-0.15, -0.1) is 6.42 Å². The highest BCUT2D eigenvalue weighted by Gasteiger charge is 2.34. The molecule has 0 bridgehead atoms. The van der Waals surface area contributed by atoms with Crippen LogP contribution in [0.25, 0.3) is 6.08 Å². The average molecular weight is 486 g/mol. The molecule has 1 aliphatic rings. The summed E-state index contributed by atoms with van der Waals surface area (Å²) in [5, 5.41) is -0.369. The van der Waals surface area contributed by atoms with Gasteiger partial charge in [0.05, 0.1) is 22.5 Å². The number of terminal acetylenes is 1. The number of nitrogens with zero attached hydrogens (tertiary/aromatic N) is 1. The largest absolute Gasteiger partial charge is 0.490 e. The Hall–Kier alpha value is -2.69. The fraction of sp³-hybridized carbons (Fsp3) is 0.217. The molecule has 0 atom stereocenters. The van der Waals surface area contributed by atoms with Crippen LogP contribution in [0.3, 0.4) is 0 Å². The highest BCUT2D eigenvalue weighted by atomic mass is 79.9. The number of halogens is 1. The van der Waals surface area contributed by atoms with Gasteiger partial charge in [-0.05, 0) is 70.9 Å². The summed E-state index contributed by atoms with van der Waals surface area (Å²) in [7, 11) is 0. The van der Waals surface area contributed by atoms with Crippen molar-refractivity contribution in [2.75, 3.05) is 13.2 Å². The van der Waals surface area contributed by atoms with Gasteiger partial charge < -0.3 is 9.47 Å². The summed E-state index contributed by atoms with van der Waals surface area (Å²) >= 11 is 4.41. The van der Waals surface area contributed by atoms with E-state index in [0.717, 1.165) is 22.2 Å². The zero-order valence-corrected chi connectivity index (χ0v) is 19.0. The molecule has 0 spiro atoms. The summed E-state index contributed by atoms with van der Waals surface area (Å²) in [6, 6.07) is 11.7. The molecule has 5 nitrogen and oxygen atoms in total. The minimum absolute atomic E-state index is 0.0400. The number of benzene rings is 2. The summed E-state index contributed by atoms with van der Waals surface area (Å²) in [6.45, 7) is 4.73. The van der Waals surface area contributed by atoms with Gasteiger partial charge in [0.25, 0.3) is 11.1 Å². The second-order valence-corrected chi connectivity index (χ2v) is 8.36. The number of imide groups is 1. The number of carbonyl (C=O) groups is 2. The van der Waals surface area contributed by atoms with Crippen LogP contribution < -0.4 is 9.47 Å². The first-order valence-electron chi connectivity index (χ1n) is 9.26. The van der Waals surface area contributed by atoms with Crippen LogP contribution in [-0.4, -0.2) is 29.2 Å². The maximum Gasteiger partial charge on any atom is 0.294 e. The van der Waals surface area contributed by atoms with E-state index in [4.69, 9.17) is 15.9 Å². The molecule has 154 valence electrons. The van der Waals surface area contributed by atoms with Crippen molar-refractivity contribution in [3.63, 3.8) is 0 Å². The zero-order valence-electron chi connectivity index (χ0n) is 16.6. The van der Waals surface area contributed by atoms with E-state index in [1.807, 2.05) is 44.2 Å². The molecule has 3 rings (SSSR count). The summed E-state index contributed by atoms with van der Waals surface area (Å²) in [5.41, 5.74) is 2.94. The predicted molar refractivity (Wildman–Crippen MR) is 122 cm³/mol.